The fourth-order valence-electron chi connectivity index (χ4n) is 3.87. The van der Waals surface area contributed by atoms with Crippen molar-refractivity contribution in [2.45, 2.75) is 12.3 Å². The summed E-state index contributed by atoms with van der Waals surface area (Å²) in [5, 5.41) is 2.84. The van der Waals surface area contributed by atoms with Crippen LogP contribution in [0.1, 0.15) is 23.5 Å². The number of nitrogens with one attached hydrogen (secondary N) is 1. The highest BCUT2D eigenvalue weighted by Crippen LogP contribution is 2.36. The maximum Gasteiger partial charge on any atom is 0.260 e. The van der Waals surface area contributed by atoms with Gasteiger partial charge in [-0.3, -0.25) is 18.6 Å². The van der Waals surface area contributed by atoms with E-state index in [2.05, 4.69) is 10.3 Å². The number of para-hydroxylation sites is 2. The van der Waals surface area contributed by atoms with Crippen LogP contribution in [-0.4, -0.2) is 19.9 Å². The number of benzene rings is 2. The number of carbonyl (C=O) groups is 1. The Hall–Kier alpha value is -3.48. The molecule has 7 heteroatoms. The van der Waals surface area contributed by atoms with Gasteiger partial charge < -0.3 is 5.32 Å². The van der Waals surface area contributed by atoms with Gasteiger partial charge in [0.05, 0.1) is 16.6 Å². The number of aryl methyl sites for hydroxylation is 1. The lowest BCUT2D eigenvalue weighted by molar-refractivity contribution is -0.116. The number of fused-ring (bicyclic) bond motifs is 5. The second-order valence-corrected chi connectivity index (χ2v) is 6.72. The largest absolute Gasteiger partial charge is 0.311 e. The van der Waals surface area contributed by atoms with Crippen molar-refractivity contribution in [3.63, 3.8) is 0 Å². The normalized spacial score (nSPS) is 16.5. The topological polar surface area (TPSA) is 68.4 Å². The van der Waals surface area contributed by atoms with Gasteiger partial charge in [-0.15, -0.1) is 0 Å². The van der Waals surface area contributed by atoms with E-state index in [9.17, 15) is 14.0 Å². The number of rotatable bonds is 1. The number of hydrogen-bond donors (Lipinski definition) is 1. The monoisotopic (exact) mass is 362 g/mol. The minimum atomic E-state index is -0.520. The molecule has 0 aliphatic carbocycles. The summed E-state index contributed by atoms with van der Waals surface area (Å²) in [6.45, 7) is 0. The molecule has 1 N–H and O–H groups in total. The van der Waals surface area contributed by atoms with Crippen molar-refractivity contribution in [2.24, 2.45) is 7.05 Å². The maximum atomic E-state index is 13.8. The Balaban J connectivity index is 1.92. The summed E-state index contributed by atoms with van der Waals surface area (Å²) < 4.78 is 17.0. The number of anilines is 1. The number of imidazole rings is 1. The van der Waals surface area contributed by atoms with Gasteiger partial charge in [-0.05, 0) is 29.8 Å². The van der Waals surface area contributed by atoms with E-state index >= 15 is 0 Å². The minimum absolute atomic E-state index is 0.0871. The zero-order valence-corrected chi connectivity index (χ0v) is 14.4. The van der Waals surface area contributed by atoms with Crippen molar-refractivity contribution in [3.05, 3.63) is 75.8 Å². The van der Waals surface area contributed by atoms with Gasteiger partial charge in [-0.1, -0.05) is 24.3 Å². The zero-order valence-electron chi connectivity index (χ0n) is 14.4. The van der Waals surface area contributed by atoms with Gasteiger partial charge in [-0.25, -0.2) is 9.37 Å². The molecule has 27 heavy (non-hydrogen) atoms. The van der Waals surface area contributed by atoms with Crippen molar-refractivity contribution in [2.75, 3.05) is 5.32 Å². The number of aromatic nitrogens is 3. The molecule has 6 nitrogen and oxygen atoms in total. The van der Waals surface area contributed by atoms with Gasteiger partial charge >= 0.3 is 0 Å². The van der Waals surface area contributed by atoms with Gasteiger partial charge in [0, 0.05) is 19.4 Å². The molecule has 0 unspecified atom stereocenters. The third-order valence-corrected chi connectivity index (χ3v) is 5.10. The molecule has 134 valence electrons. The predicted molar refractivity (Wildman–Crippen MR) is 99.4 cm³/mol. The van der Waals surface area contributed by atoms with E-state index in [0.29, 0.717) is 22.7 Å². The molecule has 1 atom stereocenters. The van der Waals surface area contributed by atoms with Crippen LogP contribution >= 0.6 is 0 Å². The van der Waals surface area contributed by atoms with E-state index in [0.717, 1.165) is 11.0 Å². The van der Waals surface area contributed by atoms with Crippen LogP contribution in [0.4, 0.5) is 10.2 Å². The van der Waals surface area contributed by atoms with E-state index in [-0.39, 0.29) is 17.9 Å². The van der Waals surface area contributed by atoms with E-state index in [4.69, 9.17) is 0 Å². The average Bonchev–Trinajstić information content (AvgIpc) is 3.05. The first-order valence-corrected chi connectivity index (χ1v) is 8.60. The fourth-order valence-corrected chi connectivity index (χ4v) is 3.87. The minimum Gasteiger partial charge on any atom is -0.311 e. The molecule has 0 spiro atoms. The molecule has 5 rings (SSSR count). The van der Waals surface area contributed by atoms with Gasteiger partial charge in [-0.2, -0.15) is 0 Å². The van der Waals surface area contributed by atoms with Gasteiger partial charge in [0.1, 0.15) is 11.6 Å². The van der Waals surface area contributed by atoms with Crippen molar-refractivity contribution in [1.82, 2.24) is 14.0 Å². The number of carbonyl (C=O) groups excluding carboxylic acids is 1. The van der Waals surface area contributed by atoms with Gasteiger partial charge in [0.25, 0.3) is 5.56 Å². The molecule has 3 heterocycles. The predicted octanol–water partition coefficient (Wildman–Crippen LogP) is 2.80. The van der Waals surface area contributed by atoms with Crippen molar-refractivity contribution in [1.29, 1.82) is 0 Å². The lowest BCUT2D eigenvalue weighted by Gasteiger charge is -2.26. The highest BCUT2D eigenvalue weighted by molar-refractivity contribution is 5.96. The summed E-state index contributed by atoms with van der Waals surface area (Å²) >= 11 is 0. The maximum absolute atomic E-state index is 13.8. The molecule has 0 saturated heterocycles. The van der Waals surface area contributed by atoms with Crippen molar-refractivity contribution >= 4 is 28.5 Å². The molecule has 1 aliphatic heterocycles. The molecule has 2 aromatic heterocycles. The highest BCUT2D eigenvalue weighted by Gasteiger charge is 2.33. The number of halogens is 1. The molecular formula is C20H15FN4O2. The first-order chi connectivity index (χ1) is 13.0. The molecule has 1 amide bonds. The van der Waals surface area contributed by atoms with Crippen LogP contribution in [-0.2, 0) is 11.8 Å². The summed E-state index contributed by atoms with van der Waals surface area (Å²) in [6.07, 6.45) is 0.0871. The number of hydrogen-bond acceptors (Lipinski definition) is 3. The lowest BCUT2D eigenvalue weighted by Crippen LogP contribution is -2.35. The third-order valence-electron chi connectivity index (χ3n) is 5.10. The number of nitrogens with zero attached hydrogens (tertiary/aromatic N) is 3. The molecule has 2 aromatic carbocycles. The van der Waals surface area contributed by atoms with Crippen LogP contribution in [0.2, 0.25) is 0 Å². The second kappa shape index (κ2) is 5.51. The Morgan fingerprint density at radius 1 is 1.15 bits per heavy atom. The van der Waals surface area contributed by atoms with Crippen molar-refractivity contribution < 1.29 is 9.18 Å². The molecule has 0 saturated carbocycles. The Morgan fingerprint density at radius 2 is 1.96 bits per heavy atom. The summed E-state index contributed by atoms with van der Waals surface area (Å²) in [7, 11) is 1.66. The van der Waals surface area contributed by atoms with Crippen LogP contribution in [0.5, 0.6) is 0 Å². The fraction of sp³-hybridized carbons (Fsp3) is 0.150. The first kappa shape index (κ1) is 15.7. The highest BCUT2D eigenvalue weighted by atomic mass is 19.1. The van der Waals surface area contributed by atoms with Crippen LogP contribution in [0.25, 0.3) is 16.8 Å². The Morgan fingerprint density at radius 3 is 2.78 bits per heavy atom. The molecule has 0 radical (unpaired) electrons. The summed E-state index contributed by atoms with van der Waals surface area (Å²) in [5.41, 5.74) is 2.31. The quantitative estimate of drug-likeness (QED) is 0.566. The van der Waals surface area contributed by atoms with Crippen LogP contribution in [0.15, 0.2) is 53.3 Å². The standard InChI is InChI=1S/C20H15FN4O2/c1-24-19(27)17-13(11-5-4-6-12(21)9-11)10-16(26)23-18(17)25-15-8-3-2-7-14(15)22-20(24)25/h2-9,13H,10H2,1H3,(H,23,26)/t13-/m0/s1. The van der Waals surface area contributed by atoms with Gasteiger partial charge in [0.2, 0.25) is 11.7 Å². The Kier molecular flexibility index (Phi) is 3.21. The molecular weight excluding hydrogens is 347 g/mol. The van der Waals surface area contributed by atoms with E-state index in [1.54, 1.807) is 23.6 Å². The summed E-state index contributed by atoms with van der Waals surface area (Å²) in [6, 6.07) is 13.5. The van der Waals surface area contributed by atoms with Gasteiger partial charge in [0.15, 0.2) is 0 Å². The smallest absolute Gasteiger partial charge is 0.260 e. The van der Waals surface area contributed by atoms with E-state index in [1.165, 1.54) is 16.7 Å². The molecule has 4 aromatic rings. The van der Waals surface area contributed by atoms with Crippen LogP contribution in [0, 0.1) is 5.82 Å². The SMILES string of the molecule is Cn1c(=O)c2c(n3c4ccccc4nc13)NC(=O)C[C@H]2c1cccc(F)c1. The van der Waals surface area contributed by atoms with Crippen LogP contribution < -0.4 is 10.9 Å². The third kappa shape index (κ3) is 2.21. The molecule has 0 fully saturated rings. The lowest BCUT2D eigenvalue weighted by atomic mass is 9.86. The first-order valence-electron chi connectivity index (χ1n) is 8.60. The Labute approximate surface area is 152 Å². The molecule has 0 bridgehead atoms. The zero-order chi connectivity index (χ0) is 18.7. The number of amides is 1. The summed E-state index contributed by atoms with van der Waals surface area (Å²) in [4.78, 5) is 30.1. The second-order valence-electron chi connectivity index (χ2n) is 6.72. The van der Waals surface area contributed by atoms with E-state index < -0.39 is 11.7 Å². The Bertz CT molecular complexity index is 1300. The molecule has 1 aliphatic rings. The van der Waals surface area contributed by atoms with Crippen molar-refractivity contribution in [3.8, 4) is 0 Å². The van der Waals surface area contributed by atoms with Crippen LogP contribution in [0.3, 0.4) is 0 Å². The summed E-state index contributed by atoms with van der Waals surface area (Å²) in [5.74, 6) is -0.281. The van der Waals surface area contributed by atoms with E-state index in [1.807, 2.05) is 24.3 Å². The average molecular weight is 362 g/mol.